The van der Waals surface area contributed by atoms with Gasteiger partial charge in [-0.15, -0.1) is 0 Å². The lowest BCUT2D eigenvalue weighted by Gasteiger charge is -2.37. The van der Waals surface area contributed by atoms with Crippen LogP contribution in [0.15, 0.2) is 28.9 Å². The van der Waals surface area contributed by atoms with E-state index in [2.05, 4.69) is 66.6 Å². The first-order chi connectivity index (χ1) is 9.21. The molecule has 0 aliphatic rings. The molecular weight excluding hydrogens is 314 g/mol. The Morgan fingerprint density at radius 2 is 1.95 bits per heavy atom. The van der Waals surface area contributed by atoms with Crippen LogP contribution in [0.3, 0.4) is 0 Å². The van der Waals surface area contributed by atoms with E-state index < -0.39 is 0 Å². The minimum Gasteiger partial charge on any atom is -0.398 e. The second kappa shape index (κ2) is 5.24. The summed E-state index contributed by atoms with van der Waals surface area (Å²) in [5.74, 6) is 0. The standard InChI is InChI=1S/C16H22BrN3/c1-10(16(2,3)4)20(5)14-7-6-13(18)12-8-11(17)9-19-15(12)14/h6-10H,18H2,1-5H3. The van der Waals surface area contributed by atoms with Crippen molar-refractivity contribution in [3.05, 3.63) is 28.9 Å². The van der Waals surface area contributed by atoms with Crippen LogP contribution in [-0.4, -0.2) is 18.1 Å². The average Bonchev–Trinajstić information content (AvgIpc) is 2.37. The Morgan fingerprint density at radius 3 is 2.55 bits per heavy atom. The van der Waals surface area contributed by atoms with Crippen molar-refractivity contribution in [2.24, 2.45) is 5.41 Å². The lowest BCUT2D eigenvalue weighted by atomic mass is 9.87. The summed E-state index contributed by atoms with van der Waals surface area (Å²) in [6.45, 7) is 8.98. The second-order valence-electron chi connectivity index (χ2n) is 6.38. The molecule has 3 nitrogen and oxygen atoms in total. The van der Waals surface area contributed by atoms with Gasteiger partial charge in [-0.25, -0.2) is 0 Å². The predicted molar refractivity (Wildman–Crippen MR) is 91.2 cm³/mol. The molecule has 0 saturated heterocycles. The molecule has 108 valence electrons. The number of pyridine rings is 1. The molecule has 2 N–H and O–H groups in total. The van der Waals surface area contributed by atoms with Crippen molar-refractivity contribution in [1.82, 2.24) is 4.98 Å². The van der Waals surface area contributed by atoms with E-state index in [1.807, 2.05) is 18.3 Å². The summed E-state index contributed by atoms with van der Waals surface area (Å²) in [6.07, 6.45) is 1.82. The van der Waals surface area contributed by atoms with Crippen molar-refractivity contribution >= 4 is 38.2 Å². The first-order valence-electron chi connectivity index (χ1n) is 6.78. The zero-order valence-electron chi connectivity index (χ0n) is 12.7. The summed E-state index contributed by atoms with van der Waals surface area (Å²) < 4.78 is 0.945. The molecule has 4 heteroatoms. The molecule has 0 spiro atoms. The predicted octanol–water partition coefficient (Wildman–Crippen LogP) is 4.45. The molecule has 0 amide bonds. The van der Waals surface area contributed by atoms with Gasteiger partial charge < -0.3 is 10.6 Å². The number of anilines is 2. The molecule has 1 aromatic carbocycles. The van der Waals surface area contributed by atoms with E-state index in [1.54, 1.807) is 0 Å². The second-order valence-corrected chi connectivity index (χ2v) is 7.29. The Balaban J connectivity index is 2.58. The third kappa shape index (κ3) is 2.75. The highest BCUT2D eigenvalue weighted by molar-refractivity contribution is 9.10. The highest BCUT2D eigenvalue weighted by Crippen LogP contribution is 2.34. The van der Waals surface area contributed by atoms with Crippen LogP contribution in [0.1, 0.15) is 27.7 Å². The summed E-state index contributed by atoms with van der Waals surface area (Å²) in [5.41, 5.74) is 9.09. The lowest BCUT2D eigenvalue weighted by molar-refractivity contribution is 0.330. The molecule has 0 saturated carbocycles. The van der Waals surface area contributed by atoms with E-state index in [4.69, 9.17) is 5.73 Å². The van der Waals surface area contributed by atoms with Gasteiger partial charge in [0, 0.05) is 34.8 Å². The minimum absolute atomic E-state index is 0.192. The molecule has 2 aromatic rings. The van der Waals surface area contributed by atoms with Gasteiger partial charge in [0.05, 0.1) is 11.2 Å². The van der Waals surface area contributed by atoms with Crippen LogP contribution in [0.2, 0.25) is 0 Å². The highest BCUT2D eigenvalue weighted by Gasteiger charge is 2.25. The Morgan fingerprint density at radius 1 is 1.30 bits per heavy atom. The number of aromatic nitrogens is 1. The zero-order valence-corrected chi connectivity index (χ0v) is 14.3. The summed E-state index contributed by atoms with van der Waals surface area (Å²) in [7, 11) is 2.12. The van der Waals surface area contributed by atoms with Crippen LogP contribution in [0.4, 0.5) is 11.4 Å². The fourth-order valence-corrected chi connectivity index (χ4v) is 2.61. The number of nitrogens with two attached hydrogens (primary N) is 1. The third-order valence-corrected chi connectivity index (χ3v) is 4.48. The summed E-state index contributed by atoms with van der Waals surface area (Å²) >= 11 is 3.46. The molecule has 1 atom stereocenters. The molecule has 0 aliphatic heterocycles. The molecule has 0 aliphatic carbocycles. The monoisotopic (exact) mass is 335 g/mol. The van der Waals surface area contributed by atoms with Crippen LogP contribution in [0.25, 0.3) is 10.9 Å². The molecule has 1 unspecified atom stereocenters. The van der Waals surface area contributed by atoms with Gasteiger partial charge in [-0.1, -0.05) is 20.8 Å². The Bertz CT molecular complexity index is 631. The normalized spacial score (nSPS) is 13.5. The first kappa shape index (κ1) is 15.1. The molecule has 2 rings (SSSR count). The maximum absolute atomic E-state index is 6.08. The van der Waals surface area contributed by atoms with E-state index in [9.17, 15) is 0 Å². The first-order valence-corrected chi connectivity index (χ1v) is 7.57. The number of benzene rings is 1. The van der Waals surface area contributed by atoms with E-state index in [0.717, 1.165) is 26.8 Å². The highest BCUT2D eigenvalue weighted by atomic mass is 79.9. The van der Waals surface area contributed by atoms with Gasteiger partial charge in [-0.05, 0) is 46.5 Å². The van der Waals surface area contributed by atoms with E-state index in [-0.39, 0.29) is 5.41 Å². The van der Waals surface area contributed by atoms with Crippen LogP contribution in [-0.2, 0) is 0 Å². The Hall–Kier alpha value is -1.29. The van der Waals surface area contributed by atoms with E-state index >= 15 is 0 Å². The van der Waals surface area contributed by atoms with Gasteiger partial charge in [0.2, 0.25) is 0 Å². The largest absolute Gasteiger partial charge is 0.398 e. The SMILES string of the molecule is CC(N(C)c1ccc(N)c2cc(Br)cnc12)C(C)(C)C. The average molecular weight is 336 g/mol. The molecular formula is C16H22BrN3. The number of nitrogen functional groups attached to an aromatic ring is 1. The van der Waals surface area contributed by atoms with Gasteiger partial charge >= 0.3 is 0 Å². The van der Waals surface area contributed by atoms with Gasteiger partial charge in [-0.3, -0.25) is 4.98 Å². The molecule has 0 bridgehead atoms. The van der Waals surface area contributed by atoms with Crippen LogP contribution in [0, 0.1) is 5.41 Å². The molecule has 20 heavy (non-hydrogen) atoms. The van der Waals surface area contributed by atoms with Gasteiger partial charge in [-0.2, -0.15) is 0 Å². The van der Waals surface area contributed by atoms with Gasteiger partial charge in [0.1, 0.15) is 0 Å². The number of nitrogens with zero attached hydrogens (tertiary/aromatic N) is 2. The number of fused-ring (bicyclic) bond motifs is 1. The summed E-state index contributed by atoms with van der Waals surface area (Å²) in [4.78, 5) is 6.84. The number of halogens is 1. The van der Waals surface area contributed by atoms with Gasteiger partial charge in [0.25, 0.3) is 0 Å². The lowest BCUT2D eigenvalue weighted by Crippen LogP contribution is -2.39. The topological polar surface area (TPSA) is 42.1 Å². The van der Waals surface area contributed by atoms with Crippen molar-refractivity contribution < 1.29 is 0 Å². The van der Waals surface area contributed by atoms with Crippen molar-refractivity contribution in [3.8, 4) is 0 Å². The fourth-order valence-electron chi connectivity index (χ4n) is 2.28. The van der Waals surface area contributed by atoms with Crippen LogP contribution < -0.4 is 10.6 Å². The summed E-state index contributed by atoms with van der Waals surface area (Å²) in [6, 6.07) is 6.43. The van der Waals surface area contributed by atoms with Crippen LogP contribution >= 0.6 is 15.9 Å². The van der Waals surface area contributed by atoms with Crippen molar-refractivity contribution in [2.45, 2.75) is 33.7 Å². The van der Waals surface area contributed by atoms with Gasteiger partial charge in [0.15, 0.2) is 0 Å². The molecule has 1 aromatic heterocycles. The van der Waals surface area contributed by atoms with E-state index in [1.165, 1.54) is 0 Å². The minimum atomic E-state index is 0.192. The number of rotatable bonds is 2. The third-order valence-electron chi connectivity index (χ3n) is 4.04. The smallest absolute Gasteiger partial charge is 0.0956 e. The quantitative estimate of drug-likeness (QED) is 0.824. The number of hydrogen-bond acceptors (Lipinski definition) is 3. The molecule has 0 radical (unpaired) electrons. The zero-order chi connectivity index (χ0) is 15.1. The summed E-state index contributed by atoms with van der Waals surface area (Å²) in [5, 5.41) is 0.991. The van der Waals surface area contributed by atoms with Crippen molar-refractivity contribution in [1.29, 1.82) is 0 Å². The molecule has 1 heterocycles. The van der Waals surface area contributed by atoms with E-state index in [0.29, 0.717) is 6.04 Å². The van der Waals surface area contributed by atoms with Crippen LogP contribution in [0.5, 0.6) is 0 Å². The number of hydrogen-bond donors (Lipinski definition) is 1. The van der Waals surface area contributed by atoms with Crippen molar-refractivity contribution in [3.63, 3.8) is 0 Å². The maximum Gasteiger partial charge on any atom is 0.0956 e. The molecule has 0 fully saturated rings. The Labute approximate surface area is 129 Å². The fraction of sp³-hybridized carbons (Fsp3) is 0.438. The maximum atomic E-state index is 6.08. The van der Waals surface area contributed by atoms with Crippen molar-refractivity contribution in [2.75, 3.05) is 17.7 Å². The Kier molecular flexibility index (Phi) is 3.96.